The van der Waals surface area contributed by atoms with Gasteiger partial charge in [0.15, 0.2) is 6.54 Å². The predicted octanol–water partition coefficient (Wildman–Crippen LogP) is -0.906. The molecule has 1 N–H and O–H groups in total. The van der Waals surface area contributed by atoms with Gasteiger partial charge in [-0.1, -0.05) is 6.92 Å². The van der Waals surface area contributed by atoms with E-state index in [-0.39, 0.29) is 25.0 Å². The number of nitrogens with one attached hydrogen (secondary N) is 1. The number of rotatable bonds is 4. The lowest BCUT2D eigenvalue weighted by molar-refractivity contribution is -0.837. The van der Waals surface area contributed by atoms with Gasteiger partial charge < -0.3 is 14.5 Å². The van der Waals surface area contributed by atoms with E-state index in [1.165, 1.54) is 7.11 Å². The molecule has 5 heteroatoms. The molecular weight excluding hydrogens is 220 g/mol. The normalized spacial score (nSPS) is 18.9. The molecule has 1 fully saturated rings. The lowest BCUT2D eigenvalue weighted by Gasteiger charge is -2.31. The van der Waals surface area contributed by atoms with Gasteiger partial charge in [-0.3, -0.25) is 4.79 Å². The minimum atomic E-state index is -0.338. The van der Waals surface area contributed by atoms with Gasteiger partial charge in [-0.25, -0.2) is 4.79 Å². The molecule has 0 aromatic heterocycles. The first-order chi connectivity index (χ1) is 8.02. The molecule has 1 rings (SSSR count). The number of esters is 1. The van der Waals surface area contributed by atoms with Gasteiger partial charge in [-0.2, -0.15) is 0 Å². The van der Waals surface area contributed by atoms with Crippen LogP contribution in [0.4, 0.5) is 0 Å². The first kappa shape index (κ1) is 14.0. The second kappa shape index (κ2) is 6.59. The number of hydrogen-bond donors (Lipinski definition) is 1. The van der Waals surface area contributed by atoms with Crippen molar-refractivity contribution in [2.75, 3.05) is 33.3 Å². The van der Waals surface area contributed by atoms with Crippen molar-refractivity contribution in [3.8, 4) is 0 Å². The Morgan fingerprint density at radius 3 is 2.47 bits per heavy atom. The highest BCUT2D eigenvalue weighted by atomic mass is 16.5. The Kier molecular flexibility index (Phi) is 5.41. The molecule has 1 atom stereocenters. The zero-order valence-electron chi connectivity index (χ0n) is 10.7. The zero-order valence-corrected chi connectivity index (χ0v) is 10.7. The monoisotopic (exact) mass is 242 g/mol. The van der Waals surface area contributed by atoms with E-state index >= 15 is 0 Å². The molecule has 1 aliphatic rings. The standard InChI is InChI=1S/C12H22N2O3/c1-10-4-6-14(7-5-10)11(15)8-13(2)9-12(16)17-3/h10,13H,2,4-9H2,1,3H3. The fourth-order valence-electron chi connectivity index (χ4n) is 1.92. The van der Waals surface area contributed by atoms with E-state index in [0.29, 0.717) is 10.8 Å². The summed E-state index contributed by atoms with van der Waals surface area (Å²) in [5.74, 6) is 0.443. The van der Waals surface area contributed by atoms with Crippen LogP contribution in [0.1, 0.15) is 19.8 Å². The van der Waals surface area contributed by atoms with Crippen LogP contribution in [0.5, 0.6) is 0 Å². The SMILES string of the molecule is [CH2-][NH+](CC(=O)OC)CC(=O)N1CCC(C)CC1. The van der Waals surface area contributed by atoms with Crippen molar-refractivity contribution in [2.24, 2.45) is 5.92 Å². The quantitative estimate of drug-likeness (QED) is 0.513. The summed E-state index contributed by atoms with van der Waals surface area (Å²) in [7, 11) is 5.08. The molecule has 0 radical (unpaired) electrons. The van der Waals surface area contributed by atoms with E-state index < -0.39 is 0 Å². The van der Waals surface area contributed by atoms with E-state index in [2.05, 4.69) is 18.7 Å². The molecule has 0 aromatic rings. The van der Waals surface area contributed by atoms with E-state index in [0.717, 1.165) is 25.9 Å². The number of amides is 1. The second-order valence-corrected chi connectivity index (χ2v) is 4.74. The number of quaternary nitrogens is 1. The number of hydrogen-bond acceptors (Lipinski definition) is 3. The molecule has 0 bridgehead atoms. The van der Waals surface area contributed by atoms with Gasteiger partial charge in [0.25, 0.3) is 5.91 Å². The van der Waals surface area contributed by atoms with Crippen molar-refractivity contribution in [1.82, 2.24) is 4.90 Å². The molecule has 1 saturated heterocycles. The highest BCUT2D eigenvalue weighted by Crippen LogP contribution is 2.15. The molecule has 0 spiro atoms. The molecule has 1 aliphatic heterocycles. The summed E-state index contributed by atoms with van der Waals surface area (Å²) in [6, 6.07) is 0. The Morgan fingerprint density at radius 2 is 1.94 bits per heavy atom. The van der Waals surface area contributed by atoms with Crippen molar-refractivity contribution in [3.05, 3.63) is 7.05 Å². The minimum Gasteiger partial charge on any atom is -0.465 e. The smallest absolute Gasteiger partial charge is 0.359 e. The van der Waals surface area contributed by atoms with E-state index in [9.17, 15) is 9.59 Å². The van der Waals surface area contributed by atoms with E-state index in [1.54, 1.807) is 0 Å². The number of methoxy groups -OCH3 is 1. The largest absolute Gasteiger partial charge is 0.465 e. The zero-order chi connectivity index (χ0) is 12.8. The summed E-state index contributed by atoms with van der Waals surface area (Å²) >= 11 is 0. The molecular formula is C12H22N2O3. The molecule has 1 heterocycles. The van der Waals surface area contributed by atoms with Crippen LogP contribution in [0, 0.1) is 13.0 Å². The van der Waals surface area contributed by atoms with Crippen molar-refractivity contribution in [1.29, 1.82) is 0 Å². The summed E-state index contributed by atoms with van der Waals surface area (Å²) in [6.07, 6.45) is 2.13. The summed E-state index contributed by atoms with van der Waals surface area (Å²) in [4.78, 5) is 25.4. The van der Waals surface area contributed by atoms with Gasteiger partial charge >= 0.3 is 5.97 Å². The molecule has 0 aliphatic carbocycles. The fraction of sp³-hybridized carbons (Fsp3) is 0.750. The van der Waals surface area contributed by atoms with Gasteiger partial charge in [0, 0.05) is 13.1 Å². The Labute approximate surface area is 103 Å². The van der Waals surface area contributed by atoms with Crippen LogP contribution in [-0.2, 0) is 14.3 Å². The molecule has 17 heavy (non-hydrogen) atoms. The van der Waals surface area contributed by atoms with Crippen molar-refractivity contribution in [3.63, 3.8) is 0 Å². The number of carbonyl (C=O) groups excluding carboxylic acids is 2. The second-order valence-electron chi connectivity index (χ2n) is 4.74. The third kappa shape index (κ3) is 4.73. The number of carbonyl (C=O) groups is 2. The number of nitrogens with zero attached hydrogens (tertiary/aromatic N) is 1. The van der Waals surface area contributed by atoms with Gasteiger partial charge in [-0.15, -0.1) is 7.05 Å². The van der Waals surface area contributed by atoms with Crippen molar-refractivity contribution >= 4 is 11.9 Å². The van der Waals surface area contributed by atoms with Gasteiger partial charge in [0.2, 0.25) is 0 Å². The summed E-state index contributed by atoms with van der Waals surface area (Å²) in [5.41, 5.74) is 0. The van der Waals surface area contributed by atoms with Gasteiger partial charge in [-0.05, 0) is 18.8 Å². The third-order valence-corrected chi connectivity index (χ3v) is 3.16. The van der Waals surface area contributed by atoms with Crippen LogP contribution >= 0.6 is 0 Å². The summed E-state index contributed by atoms with van der Waals surface area (Å²) in [6.45, 7) is 4.24. The third-order valence-electron chi connectivity index (χ3n) is 3.16. The predicted molar refractivity (Wildman–Crippen MR) is 63.0 cm³/mol. The number of likely N-dealkylation sites (tertiary alicyclic amines) is 1. The Hall–Kier alpha value is -1.10. The fourth-order valence-corrected chi connectivity index (χ4v) is 1.92. The molecule has 0 saturated carbocycles. The van der Waals surface area contributed by atoms with Crippen LogP contribution in [-0.4, -0.2) is 50.1 Å². The van der Waals surface area contributed by atoms with E-state index in [4.69, 9.17) is 0 Å². The average molecular weight is 242 g/mol. The summed E-state index contributed by atoms with van der Waals surface area (Å²) in [5, 5.41) is 0. The molecule has 1 unspecified atom stereocenters. The number of piperidine rings is 1. The lowest BCUT2D eigenvalue weighted by atomic mass is 9.99. The Bertz CT molecular complexity index is 273. The Balaban J connectivity index is 2.31. The molecule has 98 valence electrons. The average Bonchev–Trinajstić information content (AvgIpc) is 2.29. The Morgan fingerprint density at radius 1 is 1.35 bits per heavy atom. The number of ether oxygens (including phenoxy) is 1. The lowest BCUT2D eigenvalue weighted by Crippen LogP contribution is -3.09. The highest BCUT2D eigenvalue weighted by molar-refractivity contribution is 5.77. The first-order valence-corrected chi connectivity index (χ1v) is 6.04. The maximum Gasteiger partial charge on any atom is 0.359 e. The first-order valence-electron chi connectivity index (χ1n) is 6.04. The minimum absolute atomic E-state index is 0.0748. The van der Waals surface area contributed by atoms with Gasteiger partial charge in [0.05, 0.1) is 7.11 Å². The topological polar surface area (TPSA) is 51.1 Å². The van der Waals surface area contributed by atoms with Crippen molar-refractivity contribution < 1.29 is 19.2 Å². The van der Waals surface area contributed by atoms with Crippen LogP contribution in [0.25, 0.3) is 0 Å². The molecule has 0 aromatic carbocycles. The molecule has 1 amide bonds. The van der Waals surface area contributed by atoms with Gasteiger partial charge in [0.1, 0.15) is 6.54 Å². The van der Waals surface area contributed by atoms with Crippen molar-refractivity contribution in [2.45, 2.75) is 19.8 Å². The summed E-state index contributed by atoms with van der Waals surface area (Å²) < 4.78 is 4.54. The maximum atomic E-state index is 11.9. The van der Waals surface area contributed by atoms with E-state index in [1.807, 2.05) is 4.90 Å². The highest BCUT2D eigenvalue weighted by Gasteiger charge is 2.22. The van der Waals surface area contributed by atoms with Crippen LogP contribution in [0.3, 0.4) is 0 Å². The molecule has 5 nitrogen and oxygen atoms in total. The van der Waals surface area contributed by atoms with Crippen LogP contribution < -0.4 is 4.90 Å². The van der Waals surface area contributed by atoms with Crippen LogP contribution in [0.2, 0.25) is 0 Å². The van der Waals surface area contributed by atoms with Crippen LogP contribution in [0.15, 0.2) is 0 Å². The maximum absolute atomic E-state index is 11.9.